The van der Waals surface area contributed by atoms with Crippen LogP contribution < -0.4 is 10.5 Å². The number of anilines is 1. The molecule has 3 aliphatic heterocycles. The molecule has 0 unspecified atom stereocenters. The molecule has 2 saturated heterocycles. The van der Waals surface area contributed by atoms with Gasteiger partial charge >= 0.3 is 5.97 Å². The topological polar surface area (TPSA) is 131 Å². The van der Waals surface area contributed by atoms with E-state index in [-0.39, 0.29) is 55.4 Å². The van der Waals surface area contributed by atoms with E-state index in [1.165, 1.54) is 11.8 Å². The lowest BCUT2D eigenvalue weighted by molar-refractivity contribution is -0.150. The van der Waals surface area contributed by atoms with Gasteiger partial charge in [-0.1, -0.05) is 25.1 Å². The molecular formula is C35H43FN4O7Si. The SMILES string of the molecule is COC(=O)CCCCN1C(=O)[C@@]2(O[C@@H](CC(=O)N3CCC[C@H]3CO)[C@H]([Si](C)(C)F)[C@H]2C)c2cc(-n3ncc4ccccc4c3=O)ccc21. The summed E-state index contributed by atoms with van der Waals surface area (Å²) in [6, 6.07) is 12.1. The fourth-order valence-corrected chi connectivity index (χ4v) is 10.6. The number of aromatic nitrogens is 2. The number of fused-ring (bicyclic) bond motifs is 3. The maximum Gasteiger partial charge on any atom is 0.305 e. The van der Waals surface area contributed by atoms with Gasteiger partial charge in [-0.15, -0.1) is 0 Å². The number of amides is 2. The average Bonchev–Trinajstić information content (AvgIpc) is 3.73. The van der Waals surface area contributed by atoms with Gasteiger partial charge in [0.15, 0.2) is 5.60 Å². The minimum absolute atomic E-state index is 0.110. The Balaban J connectivity index is 1.43. The highest BCUT2D eigenvalue weighted by Gasteiger charge is 2.67. The third-order valence-corrected chi connectivity index (χ3v) is 12.9. The number of aliphatic hydroxyl groups is 1. The first kappa shape index (κ1) is 33.9. The van der Waals surface area contributed by atoms with Crippen molar-refractivity contribution in [2.24, 2.45) is 5.92 Å². The highest BCUT2D eigenvalue weighted by molar-refractivity contribution is 6.72. The van der Waals surface area contributed by atoms with Crippen molar-refractivity contribution in [3.8, 4) is 5.69 Å². The summed E-state index contributed by atoms with van der Waals surface area (Å²) < 4.78 is 29.2. The zero-order valence-corrected chi connectivity index (χ0v) is 28.9. The summed E-state index contributed by atoms with van der Waals surface area (Å²) in [6.07, 6.45) is 3.30. The van der Waals surface area contributed by atoms with Crippen molar-refractivity contribution in [1.82, 2.24) is 14.7 Å². The lowest BCUT2D eigenvalue weighted by Crippen LogP contribution is -2.45. The highest BCUT2D eigenvalue weighted by atomic mass is 28.4. The molecule has 1 spiro atoms. The third-order valence-electron chi connectivity index (χ3n) is 10.4. The Labute approximate surface area is 279 Å². The number of aliphatic hydroxyl groups excluding tert-OH is 1. The van der Waals surface area contributed by atoms with Crippen molar-refractivity contribution >= 4 is 42.7 Å². The second-order valence-corrected chi connectivity index (χ2v) is 17.5. The molecule has 2 amide bonds. The Morgan fingerprint density at radius 2 is 1.94 bits per heavy atom. The summed E-state index contributed by atoms with van der Waals surface area (Å²) in [5.41, 5.74) is -1.13. The van der Waals surface area contributed by atoms with E-state index in [1.54, 1.807) is 59.4 Å². The Kier molecular flexibility index (Phi) is 9.31. The van der Waals surface area contributed by atoms with E-state index in [4.69, 9.17) is 9.47 Å². The first-order valence-corrected chi connectivity index (χ1v) is 19.7. The van der Waals surface area contributed by atoms with Gasteiger partial charge in [-0.3, -0.25) is 19.2 Å². The van der Waals surface area contributed by atoms with Gasteiger partial charge in [-0.25, -0.2) is 0 Å². The number of carbonyl (C=O) groups is 3. The highest BCUT2D eigenvalue weighted by Crippen LogP contribution is 2.60. The van der Waals surface area contributed by atoms with E-state index in [0.29, 0.717) is 53.5 Å². The minimum Gasteiger partial charge on any atom is -0.469 e. The van der Waals surface area contributed by atoms with Gasteiger partial charge in [0.25, 0.3) is 11.5 Å². The zero-order valence-electron chi connectivity index (χ0n) is 27.9. The van der Waals surface area contributed by atoms with Gasteiger partial charge in [0.2, 0.25) is 14.3 Å². The van der Waals surface area contributed by atoms with E-state index in [2.05, 4.69) is 5.10 Å². The predicted molar refractivity (Wildman–Crippen MR) is 180 cm³/mol. The third kappa shape index (κ3) is 5.75. The molecule has 1 N–H and O–H groups in total. The van der Waals surface area contributed by atoms with E-state index in [0.717, 1.165) is 6.42 Å². The number of ether oxygens (including phenoxy) is 2. The molecule has 0 aliphatic carbocycles. The quantitative estimate of drug-likeness (QED) is 0.146. The number of carbonyl (C=O) groups excluding carboxylic acids is 3. The predicted octanol–water partition coefficient (Wildman–Crippen LogP) is 4.22. The summed E-state index contributed by atoms with van der Waals surface area (Å²) >= 11 is 0. The largest absolute Gasteiger partial charge is 0.469 e. The number of methoxy groups -OCH3 is 1. The van der Waals surface area contributed by atoms with Crippen molar-refractivity contribution in [1.29, 1.82) is 0 Å². The number of esters is 1. The molecule has 3 aromatic rings. The molecule has 2 fully saturated rings. The molecule has 1 aromatic heterocycles. The van der Waals surface area contributed by atoms with Crippen LogP contribution in [0.25, 0.3) is 16.5 Å². The minimum atomic E-state index is -3.55. The Bertz CT molecular complexity index is 1790. The number of nitrogens with zero attached hydrogens (tertiary/aromatic N) is 4. The van der Waals surface area contributed by atoms with E-state index in [1.807, 2.05) is 19.1 Å². The molecular weight excluding hydrogens is 635 g/mol. The van der Waals surface area contributed by atoms with Crippen molar-refractivity contribution in [2.45, 2.75) is 81.8 Å². The van der Waals surface area contributed by atoms with Gasteiger partial charge < -0.3 is 28.5 Å². The van der Waals surface area contributed by atoms with Gasteiger partial charge in [-0.05, 0) is 63.0 Å². The summed E-state index contributed by atoms with van der Waals surface area (Å²) in [7, 11) is -2.22. The number of likely N-dealkylation sites (tertiary alicyclic amines) is 1. The smallest absolute Gasteiger partial charge is 0.305 e. The van der Waals surface area contributed by atoms with Crippen LogP contribution in [-0.4, -0.2) is 84.9 Å². The average molecular weight is 679 g/mol. The van der Waals surface area contributed by atoms with Crippen LogP contribution in [0.3, 0.4) is 0 Å². The Morgan fingerprint density at radius 1 is 1.17 bits per heavy atom. The Morgan fingerprint density at radius 3 is 2.67 bits per heavy atom. The van der Waals surface area contributed by atoms with Crippen LogP contribution in [0, 0.1) is 5.92 Å². The van der Waals surface area contributed by atoms with Crippen LogP contribution >= 0.6 is 0 Å². The molecule has 0 radical (unpaired) electrons. The second-order valence-electron chi connectivity index (χ2n) is 13.7. The molecule has 0 saturated carbocycles. The Hall–Kier alpha value is -3.94. The molecule has 5 atom stereocenters. The molecule has 4 heterocycles. The number of unbranched alkanes of at least 4 members (excludes halogenated alkanes) is 1. The standard InChI is InChI=1S/C35H43FN4O7Si/c1-22-32(48(3,4)36)29(19-30(42)38-17-9-11-25(38)21-41)47-35(22)27-18-24(40-33(44)26-12-6-5-10-23(26)20-37-40)14-15-28(27)39(34(35)45)16-8-7-13-31(43)46-2/h5-6,10,12,14-15,18,20,22,25,29,32,41H,7-9,11,13,16-17,19,21H2,1-4H3/t22-,25+,29+,32-,35+/m1/s1. The number of halogens is 1. The number of rotatable bonds is 10. The second kappa shape index (κ2) is 13.2. The molecule has 6 rings (SSSR count). The summed E-state index contributed by atoms with van der Waals surface area (Å²) in [4.78, 5) is 57.0. The van der Waals surface area contributed by atoms with Gasteiger partial charge in [0, 0.05) is 41.9 Å². The van der Waals surface area contributed by atoms with Crippen LogP contribution in [0.2, 0.25) is 18.6 Å². The van der Waals surface area contributed by atoms with Crippen molar-refractivity contribution in [3.05, 3.63) is 64.6 Å². The van der Waals surface area contributed by atoms with Crippen LogP contribution in [0.1, 0.15) is 51.0 Å². The molecule has 3 aliphatic rings. The van der Waals surface area contributed by atoms with Gasteiger partial charge in [0.05, 0.1) is 55.2 Å². The molecule has 2 aromatic carbocycles. The summed E-state index contributed by atoms with van der Waals surface area (Å²) in [5.74, 6) is -1.56. The van der Waals surface area contributed by atoms with Crippen LogP contribution in [0.4, 0.5) is 9.80 Å². The first-order chi connectivity index (χ1) is 22.9. The molecule has 13 heteroatoms. The number of benzene rings is 2. The van der Waals surface area contributed by atoms with Gasteiger partial charge in [0.1, 0.15) is 0 Å². The van der Waals surface area contributed by atoms with Crippen LogP contribution in [0.15, 0.2) is 53.5 Å². The van der Waals surface area contributed by atoms with Gasteiger partial charge in [-0.2, -0.15) is 9.78 Å². The number of hydrogen-bond donors (Lipinski definition) is 1. The summed E-state index contributed by atoms with van der Waals surface area (Å²) in [6.45, 7) is 5.64. The fourth-order valence-electron chi connectivity index (χ4n) is 8.15. The first-order valence-electron chi connectivity index (χ1n) is 16.7. The zero-order chi connectivity index (χ0) is 34.4. The summed E-state index contributed by atoms with van der Waals surface area (Å²) in [5, 5.41) is 15.5. The molecule has 11 nitrogen and oxygen atoms in total. The normalized spacial score (nSPS) is 25.3. The van der Waals surface area contributed by atoms with Crippen LogP contribution in [-0.2, 0) is 29.5 Å². The van der Waals surface area contributed by atoms with E-state index < -0.39 is 31.6 Å². The van der Waals surface area contributed by atoms with Crippen molar-refractivity contribution in [2.75, 3.05) is 31.7 Å². The molecule has 256 valence electrons. The van der Waals surface area contributed by atoms with E-state index in [9.17, 15) is 24.3 Å². The van der Waals surface area contributed by atoms with Crippen molar-refractivity contribution < 1.29 is 33.1 Å². The van der Waals surface area contributed by atoms with Crippen LogP contribution in [0.5, 0.6) is 0 Å². The van der Waals surface area contributed by atoms with Crippen molar-refractivity contribution in [3.63, 3.8) is 0 Å². The maximum absolute atomic E-state index is 16.4. The fraction of sp³-hybridized carbons (Fsp3) is 0.514. The van der Waals surface area contributed by atoms with E-state index >= 15 is 4.11 Å². The molecule has 0 bridgehead atoms. The molecule has 48 heavy (non-hydrogen) atoms. The monoisotopic (exact) mass is 678 g/mol. The lowest BCUT2D eigenvalue weighted by atomic mass is 9.82. The maximum atomic E-state index is 16.4. The lowest BCUT2D eigenvalue weighted by Gasteiger charge is -2.31. The number of hydrogen-bond acceptors (Lipinski definition) is 8.